The van der Waals surface area contributed by atoms with Gasteiger partial charge < -0.3 is 5.32 Å². The van der Waals surface area contributed by atoms with Gasteiger partial charge in [-0.25, -0.2) is 0 Å². The van der Waals surface area contributed by atoms with E-state index in [1.54, 1.807) is 23.9 Å². The monoisotopic (exact) mass is 503 g/mol. The van der Waals surface area contributed by atoms with E-state index >= 15 is 0 Å². The number of non-ortho nitro benzene ring substituents is 1. The largest absolute Gasteiger partial charge is 0.348 e. The van der Waals surface area contributed by atoms with E-state index in [4.69, 9.17) is 0 Å². The fourth-order valence-electron chi connectivity index (χ4n) is 6.95. The van der Waals surface area contributed by atoms with Gasteiger partial charge in [0.1, 0.15) is 0 Å². The number of aromatic nitrogens is 3. The molecule has 0 saturated heterocycles. The Morgan fingerprint density at radius 2 is 1.64 bits per heavy atom. The third kappa shape index (κ3) is 4.40. The number of rotatable bonds is 8. The SMILES string of the molecule is O=C(NCc1nnc(SCc2ccccc2)n1-c1ccc([N+](=O)[O-])cc1)C12CC3CC(CC(C3)C1)C2. The summed E-state index contributed by atoms with van der Waals surface area (Å²) in [6.07, 6.45) is 6.92. The second-order valence-electron chi connectivity index (χ2n) is 10.7. The number of nitrogens with one attached hydrogen (secondary N) is 1. The van der Waals surface area contributed by atoms with Gasteiger partial charge in [-0.3, -0.25) is 19.5 Å². The lowest BCUT2D eigenvalue weighted by atomic mass is 9.49. The minimum absolute atomic E-state index is 0.0296. The molecule has 4 bridgehead atoms. The Balaban J connectivity index is 1.23. The molecule has 0 unspecified atom stereocenters. The van der Waals surface area contributed by atoms with Crippen LogP contribution in [0.1, 0.15) is 49.9 Å². The number of nitrogens with zero attached hydrogens (tertiary/aromatic N) is 4. The highest BCUT2D eigenvalue weighted by molar-refractivity contribution is 7.98. The van der Waals surface area contributed by atoms with E-state index in [1.807, 2.05) is 22.8 Å². The Kier molecular flexibility index (Phi) is 6.03. The van der Waals surface area contributed by atoms with Crippen LogP contribution in [0.15, 0.2) is 59.8 Å². The van der Waals surface area contributed by atoms with Crippen molar-refractivity contribution in [2.75, 3.05) is 0 Å². The predicted octanol–water partition coefficient (Wildman–Crippen LogP) is 5.30. The Hall–Kier alpha value is -3.20. The summed E-state index contributed by atoms with van der Waals surface area (Å²) in [7, 11) is 0. The van der Waals surface area contributed by atoms with Crippen molar-refractivity contribution in [1.29, 1.82) is 0 Å². The van der Waals surface area contributed by atoms with Crippen molar-refractivity contribution < 1.29 is 9.72 Å². The van der Waals surface area contributed by atoms with E-state index in [9.17, 15) is 14.9 Å². The van der Waals surface area contributed by atoms with Crippen LogP contribution in [0.2, 0.25) is 0 Å². The first-order valence-corrected chi connectivity index (χ1v) is 13.6. The first-order chi connectivity index (χ1) is 17.5. The fraction of sp³-hybridized carbons (Fsp3) is 0.444. The van der Waals surface area contributed by atoms with Crippen molar-refractivity contribution in [3.8, 4) is 5.69 Å². The van der Waals surface area contributed by atoms with Crippen LogP contribution in [-0.2, 0) is 17.1 Å². The summed E-state index contributed by atoms with van der Waals surface area (Å²) in [5, 5.41) is 23.9. The van der Waals surface area contributed by atoms with Gasteiger partial charge in [0.2, 0.25) is 5.91 Å². The number of nitro groups is 1. The Morgan fingerprint density at radius 1 is 1.00 bits per heavy atom. The lowest BCUT2D eigenvalue weighted by Gasteiger charge is -2.55. The average Bonchev–Trinajstić information content (AvgIpc) is 3.28. The maximum absolute atomic E-state index is 13.5. The van der Waals surface area contributed by atoms with Crippen LogP contribution < -0.4 is 5.32 Å². The van der Waals surface area contributed by atoms with Gasteiger partial charge in [0.05, 0.1) is 11.5 Å². The Labute approximate surface area is 214 Å². The van der Waals surface area contributed by atoms with Crippen LogP contribution >= 0.6 is 11.8 Å². The number of thioether (sulfide) groups is 1. The van der Waals surface area contributed by atoms with Crippen molar-refractivity contribution in [1.82, 2.24) is 20.1 Å². The molecule has 8 nitrogen and oxygen atoms in total. The molecule has 0 atom stereocenters. The molecule has 36 heavy (non-hydrogen) atoms. The summed E-state index contributed by atoms with van der Waals surface area (Å²) >= 11 is 1.55. The second-order valence-corrected chi connectivity index (χ2v) is 11.6. The summed E-state index contributed by atoms with van der Waals surface area (Å²) in [6, 6.07) is 16.5. The quantitative estimate of drug-likeness (QED) is 0.254. The maximum atomic E-state index is 13.5. The molecule has 4 fully saturated rings. The third-order valence-electron chi connectivity index (χ3n) is 8.16. The van der Waals surface area contributed by atoms with E-state index in [2.05, 4.69) is 27.6 Å². The van der Waals surface area contributed by atoms with Crippen molar-refractivity contribution in [2.45, 2.75) is 56.0 Å². The average molecular weight is 504 g/mol. The zero-order chi connectivity index (χ0) is 24.7. The Morgan fingerprint density at radius 3 is 2.25 bits per heavy atom. The lowest BCUT2D eigenvalue weighted by molar-refractivity contribution is -0.384. The normalized spacial score (nSPS) is 26.2. The van der Waals surface area contributed by atoms with Crippen molar-refractivity contribution in [3.05, 3.63) is 76.1 Å². The molecule has 0 aliphatic heterocycles. The number of carbonyl (C=O) groups is 1. The molecule has 1 amide bonds. The van der Waals surface area contributed by atoms with Gasteiger partial charge in [0.15, 0.2) is 11.0 Å². The van der Waals surface area contributed by atoms with E-state index in [0.717, 1.165) is 30.5 Å². The zero-order valence-electron chi connectivity index (χ0n) is 20.0. The maximum Gasteiger partial charge on any atom is 0.269 e. The number of amides is 1. The number of hydrogen-bond acceptors (Lipinski definition) is 6. The molecule has 4 aliphatic carbocycles. The van der Waals surface area contributed by atoms with Crippen molar-refractivity contribution >= 4 is 23.4 Å². The first kappa shape index (κ1) is 23.2. The molecular formula is C27H29N5O3S. The van der Waals surface area contributed by atoms with Crippen LogP contribution in [0.5, 0.6) is 0 Å². The summed E-state index contributed by atoms with van der Waals surface area (Å²) in [4.78, 5) is 24.3. The topological polar surface area (TPSA) is 103 Å². The molecule has 4 saturated carbocycles. The third-order valence-corrected chi connectivity index (χ3v) is 9.16. The Bertz CT molecular complexity index is 1240. The minimum Gasteiger partial charge on any atom is -0.348 e. The summed E-state index contributed by atoms with van der Waals surface area (Å²) in [5.41, 5.74) is 1.71. The van der Waals surface area contributed by atoms with E-state index in [1.165, 1.54) is 31.4 Å². The van der Waals surface area contributed by atoms with E-state index < -0.39 is 4.92 Å². The van der Waals surface area contributed by atoms with Gasteiger partial charge >= 0.3 is 0 Å². The molecule has 0 spiro atoms. The van der Waals surface area contributed by atoms with E-state index in [0.29, 0.717) is 34.5 Å². The second kappa shape index (κ2) is 9.35. The highest BCUT2D eigenvalue weighted by atomic mass is 32.2. The molecular weight excluding hydrogens is 474 g/mol. The van der Waals surface area contributed by atoms with Crippen LogP contribution in [0.25, 0.3) is 5.69 Å². The molecule has 1 N–H and O–H groups in total. The molecule has 7 rings (SSSR count). The summed E-state index contributed by atoms with van der Waals surface area (Å²) < 4.78 is 1.90. The summed E-state index contributed by atoms with van der Waals surface area (Å²) in [5.74, 6) is 3.59. The molecule has 4 aliphatic rings. The van der Waals surface area contributed by atoms with Gasteiger partial charge in [-0.2, -0.15) is 0 Å². The van der Waals surface area contributed by atoms with Gasteiger partial charge in [0.25, 0.3) is 5.69 Å². The zero-order valence-corrected chi connectivity index (χ0v) is 20.8. The van der Waals surface area contributed by atoms with Gasteiger partial charge in [-0.1, -0.05) is 42.1 Å². The first-order valence-electron chi connectivity index (χ1n) is 12.6. The number of benzene rings is 2. The van der Waals surface area contributed by atoms with Crippen LogP contribution in [0, 0.1) is 33.3 Å². The summed E-state index contributed by atoms with van der Waals surface area (Å²) in [6.45, 7) is 0.274. The smallest absolute Gasteiger partial charge is 0.269 e. The van der Waals surface area contributed by atoms with Crippen LogP contribution in [-0.4, -0.2) is 25.6 Å². The van der Waals surface area contributed by atoms with Crippen LogP contribution in [0.4, 0.5) is 5.69 Å². The molecule has 1 heterocycles. The molecule has 3 aromatic rings. The van der Waals surface area contributed by atoms with Gasteiger partial charge in [-0.15, -0.1) is 10.2 Å². The highest BCUT2D eigenvalue weighted by Crippen LogP contribution is 2.60. The molecule has 186 valence electrons. The number of hydrogen-bond donors (Lipinski definition) is 1. The van der Waals surface area contributed by atoms with Gasteiger partial charge in [-0.05, 0) is 74.0 Å². The lowest BCUT2D eigenvalue weighted by Crippen LogP contribution is -2.53. The number of carbonyl (C=O) groups excluding carboxylic acids is 1. The molecule has 0 radical (unpaired) electrons. The highest BCUT2D eigenvalue weighted by Gasteiger charge is 2.54. The molecule has 9 heteroatoms. The minimum atomic E-state index is -0.409. The standard InChI is InChI=1S/C27H29N5O3S/c33-25(27-13-19-10-20(14-27)12-21(11-19)15-27)28-16-24-29-30-26(36-17-18-4-2-1-3-5-18)31(24)22-6-8-23(9-7-22)32(34)35/h1-9,19-21H,10-17H2,(H,28,33). The molecule has 1 aromatic heterocycles. The number of nitro benzene ring substituents is 1. The van der Waals surface area contributed by atoms with Crippen LogP contribution in [0.3, 0.4) is 0 Å². The van der Waals surface area contributed by atoms with Gasteiger partial charge in [0, 0.05) is 29.0 Å². The van der Waals surface area contributed by atoms with Crippen molar-refractivity contribution in [2.24, 2.45) is 23.2 Å². The fourth-order valence-corrected chi connectivity index (χ4v) is 7.88. The molecule has 2 aromatic carbocycles. The predicted molar refractivity (Wildman–Crippen MR) is 136 cm³/mol. The van der Waals surface area contributed by atoms with Crippen molar-refractivity contribution in [3.63, 3.8) is 0 Å². The van der Waals surface area contributed by atoms with E-state index in [-0.39, 0.29) is 23.6 Å².